The van der Waals surface area contributed by atoms with Crippen molar-refractivity contribution in [3.8, 4) is 0 Å². The Kier molecular flexibility index (Phi) is 4.83. The Morgan fingerprint density at radius 3 is 2.32 bits per heavy atom. The van der Waals surface area contributed by atoms with Crippen molar-refractivity contribution in [1.82, 2.24) is 0 Å². The molecule has 0 saturated heterocycles. The van der Waals surface area contributed by atoms with Gasteiger partial charge in [-0.1, -0.05) is 12.2 Å². The molecule has 0 heterocycles. The first kappa shape index (κ1) is 17.1. The van der Waals surface area contributed by atoms with Gasteiger partial charge in [0.05, 0.1) is 17.5 Å². The molecule has 25 heavy (non-hydrogen) atoms. The van der Waals surface area contributed by atoms with Crippen LogP contribution in [-0.4, -0.2) is 22.9 Å². The van der Waals surface area contributed by atoms with E-state index in [2.05, 4.69) is 10.6 Å². The number of allylic oxidation sites excluding steroid dienone is 2. The molecule has 2 aliphatic carbocycles. The fraction of sp³-hybridized carbons (Fsp3) is 0.389. The molecule has 3 rings (SSSR count). The molecule has 0 radical (unpaired) electrons. The Morgan fingerprint density at radius 2 is 1.68 bits per heavy atom. The predicted octanol–water partition coefficient (Wildman–Crippen LogP) is 2.78. The molecule has 2 aliphatic rings. The van der Waals surface area contributed by atoms with Crippen molar-refractivity contribution in [3.63, 3.8) is 0 Å². The third-order valence-corrected chi connectivity index (χ3v) is 4.53. The number of nitrogens with one attached hydrogen (secondary N) is 2. The SMILES string of the molecule is O=C(Nc1cc(NC(=O)C2CC=CCC2C(=O)O)ccc1F)C1CC1. The summed E-state index contributed by atoms with van der Waals surface area (Å²) in [6.07, 6.45) is 5.79. The Hall–Kier alpha value is -2.70. The Labute approximate surface area is 144 Å². The zero-order valence-electron chi connectivity index (χ0n) is 13.5. The Bertz CT molecular complexity index is 743. The summed E-state index contributed by atoms with van der Waals surface area (Å²) >= 11 is 0. The molecular weight excluding hydrogens is 327 g/mol. The van der Waals surface area contributed by atoms with E-state index in [0.29, 0.717) is 18.5 Å². The van der Waals surface area contributed by atoms with Crippen molar-refractivity contribution < 1.29 is 23.9 Å². The number of aliphatic carboxylic acids is 1. The lowest BCUT2D eigenvalue weighted by molar-refractivity contribution is -0.146. The van der Waals surface area contributed by atoms with Gasteiger partial charge in [0.1, 0.15) is 5.82 Å². The number of carboxylic acids is 1. The molecule has 0 aliphatic heterocycles. The van der Waals surface area contributed by atoms with Crippen LogP contribution in [0.2, 0.25) is 0 Å². The van der Waals surface area contributed by atoms with Crippen LogP contribution >= 0.6 is 0 Å². The minimum Gasteiger partial charge on any atom is -0.481 e. The molecule has 7 heteroatoms. The first-order chi connectivity index (χ1) is 12.0. The summed E-state index contributed by atoms with van der Waals surface area (Å²) in [6.45, 7) is 0. The van der Waals surface area contributed by atoms with Crippen molar-refractivity contribution in [1.29, 1.82) is 0 Å². The fourth-order valence-corrected chi connectivity index (χ4v) is 2.89. The molecule has 0 spiro atoms. The summed E-state index contributed by atoms with van der Waals surface area (Å²) in [4.78, 5) is 35.5. The van der Waals surface area contributed by atoms with Gasteiger partial charge in [0.25, 0.3) is 0 Å². The number of hydrogen-bond acceptors (Lipinski definition) is 3. The van der Waals surface area contributed by atoms with Gasteiger partial charge in [-0.25, -0.2) is 4.39 Å². The van der Waals surface area contributed by atoms with Crippen LogP contribution < -0.4 is 10.6 Å². The van der Waals surface area contributed by atoms with E-state index in [-0.39, 0.29) is 17.5 Å². The molecule has 0 bridgehead atoms. The van der Waals surface area contributed by atoms with E-state index in [1.165, 1.54) is 12.1 Å². The first-order valence-electron chi connectivity index (χ1n) is 8.25. The number of amides is 2. The average Bonchev–Trinajstić information content (AvgIpc) is 3.43. The second-order valence-electron chi connectivity index (χ2n) is 6.44. The van der Waals surface area contributed by atoms with Crippen LogP contribution in [0.1, 0.15) is 25.7 Å². The van der Waals surface area contributed by atoms with Crippen molar-refractivity contribution in [2.75, 3.05) is 10.6 Å². The number of carboxylic acid groups (broad SMARTS) is 1. The van der Waals surface area contributed by atoms with Crippen LogP contribution in [0.3, 0.4) is 0 Å². The van der Waals surface area contributed by atoms with Gasteiger partial charge >= 0.3 is 5.97 Å². The highest BCUT2D eigenvalue weighted by molar-refractivity contribution is 5.97. The van der Waals surface area contributed by atoms with E-state index in [0.717, 1.165) is 18.9 Å². The Morgan fingerprint density at radius 1 is 1.00 bits per heavy atom. The second-order valence-corrected chi connectivity index (χ2v) is 6.44. The zero-order valence-corrected chi connectivity index (χ0v) is 13.5. The lowest BCUT2D eigenvalue weighted by Gasteiger charge is -2.24. The highest BCUT2D eigenvalue weighted by Crippen LogP contribution is 2.31. The molecule has 1 aromatic carbocycles. The summed E-state index contributed by atoms with van der Waals surface area (Å²) in [5, 5.41) is 14.4. The molecule has 0 aromatic heterocycles. The number of benzene rings is 1. The van der Waals surface area contributed by atoms with Crippen LogP contribution in [0, 0.1) is 23.6 Å². The maximum absolute atomic E-state index is 13.9. The molecule has 2 amide bonds. The number of hydrogen-bond donors (Lipinski definition) is 3. The molecule has 1 fully saturated rings. The van der Waals surface area contributed by atoms with Crippen LogP contribution in [-0.2, 0) is 14.4 Å². The van der Waals surface area contributed by atoms with Crippen LogP contribution in [0.5, 0.6) is 0 Å². The van der Waals surface area contributed by atoms with E-state index < -0.39 is 29.5 Å². The minimum absolute atomic E-state index is 0.00743. The van der Waals surface area contributed by atoms with Gasteiger partial charge in [-0.3, -0.25) is 14.4 Å². The zero-order chi connectivity index (χ0) is 18.0. The molecular formula is C18H19FN2O4. The smallest absolute Gasteiger partial charge is 0.307 e. The van der Waals surface area contributed by atoms with E-state index in [4.69, 9.17) is 0 Å². The normalized spacial score (nSPS) is 22.3. The monoisotopic (exact) mass is 346 g/mol. The lowest BCUT2D eigenvalue weighted by atomic mass is 9.82. The number of carbonyl (C=O) groups is 3. The summed E-state index contributed by atoms with van der Waals surface area (Å²) in [6, 6.07) is 3.89. The van der Waals surface area contributed by atoms with Gasteiger partial charge in [-0.2, -0.15) is 0 Å². The van der Waals surface area contributed by atoms with E-state index in [1.807, 2.05) is 0 Å². The largest absolute Gasteiger partial charge is 0.481 e. The molecule has 1 aromatic rings. The van der Waals surface area contributed by atoms with Crippen molar-refractivity contribution in [3.05, 3.63) is 36.2 Å². The molecule has 132 valence electrons. The van der Waals surface area contributed by atoms with E-state index >= 15 is 0 Å². The van der Waals surface area contributed by atoms with E-state index in [1.54, 1.807) is 12.2 Å². The van der Waals surface area contributed by atoms with E-state index in [9.17, 15) is 23.9 Å². The number of halogens is 1. The highest BCUT2D eigenvalue weighted by Gasteiger charge is 2.34. The van der Waals surface area contributed by atoms with Gasteiger partial charge in [0, 0.05) is 11.6 Å². The first-order valence-corrected chi connectivity index (χ1v) is 8.25. The standard InChI is InChI=1S/C18H19FN2O4/c19-14-8-7-11(9-15(14)21-16(22)10-5-6-10)20-17(23)12-3-1-2-4-13(12)18(24)25/h1-2,7-10,12-13H,3-6H2,(H,20,23)(H,21,22)(H,24,25). The lowest BCUT2D eigenvalue weighted by Crippen LogP contribution is -2.34. The maximum atomic E-state index is 13.9. The van der Waals surface area contributed by atoms with Gasteiger partial charge in [0.2, 0.25) is 11.8 Å². The van der Waals surface area contributed by atoms with Gasteiger partial charge in [-0.05, 0) is 43.9 Å². The Balaban J connectivity index is 1.71. The van der Waals surface area contributed by atoms with Crippen LogP contribution in [0.15, 0.2) is 30.4 Å². The topological polar surface area (TPSA) is 95.5 Å². The fourth-order valence-electron chi connectivity index (χ4n) is 2.89. The van der Waals surface area contributed by atoms with Gasteiger partial charge in [-0.15, -0.1) is 0 Å². The second kappa shape index (κ2) is 7.04. The van der Waals surface area contributed by atoms with Crippen LogP contribution in [0.4, 0.5) is 15.8 Å². The minimum atomic E-state index is -1.01. The molecule has 3 N–H and O–H groups in total. The van der Waals surface area contributed by atoms with Gasteiger partial charge in [0.15, 0.2) is 0 Å². The summed E-state index contributed by atoms with van der Waals surface area (Å²) in [5.41, 5.74) is 0.323. The maximum Gasteiger partial charge on any atom is 0.307 e. The number of rotatable bonds is 5. The van der Waals surface area contributed by atoms with Crippen LogP contribution in [0.25, 0.3) is 0 Å². The third-order valence-electron chi connectivity index (χ3n) is 4.53. The predicted molar refractivity (Wildman–Crippen MR) is 89.4 cm³/mol. The summed E-state index contributed by atoms with van der Waals surface area (Å²) in [7, 11) is 0. The molecule has 6 nitrogen and oxygen atoms in total. The van der Waals surface area contributed by atoms with Crippen molar-refractivity contribution in [2.45, 2.75) is 25.7 Å². The summed E-state index contributed by atoms with van der Waals surface area (Å²) in [5.74, 6) is -3.79. The van der Waals surface area contributed by atoms with Crippen molar-refractivity contribution in [2.24, 2.45) is 17.8 Å². The molecule has 2 atom stereocenters. The van der Waals surface area contributed by atoms with Crippen molar-refractivity contribution >= 4 is 29.2 Å². The quantitative estimate of drug-likeness (QED) is 0.715. The number of anilines is 2. The average molecular weight is 346 g/mol. The number of carbonyl (C=O) groups excluding carboxylic acids is 2. The highest BCUT2D eigenvalue weighted by atomic mass is 19.1. The van der Waals surface area contributed by atoms with Gasteiger partial charge < -0.3 is 15.7 Å². The third kappa shape index (κ3) is 4.04. The molecule has 2 unspecified atom stereocenters. The summed E-state index contributed by atoms with van der Waals surface area (Å²) < 4.78 is 13.9. The molecule has 1 saturated carbocycles.